The average Bonchev–Trinajstić information content (AvgIpc) is 3.56. The molecule has 1 aromatic heterocycles. The van der Waals surface area contributed by atoms with Gasteiger partial charge in [-0.1, -0.05) is 13.8 Å². The molecule has 1 amide bonds. The van der Waals surface area contributed by atoms with E-state index < -0.39 is 0 Å². The van der Waals surface area contributed by atoms with Gasteiger partial charge < -0.3 is 19.3 Å². The van der Waals surface area contributed by atoms with Crippen molar-refractivity contribution in [1.29, 1.82) is 5.26 Å². The van der Waals surface area contributed by atoms with E-state index in [0.29, 0.717) is 44.3 Å². The molecule has 2 fully saturated rings. The lowest BCUT2D eigenvalue weighted by molar-refractivity contribution is -0.0407. The van der Waals surface area contributed by atoms with Crippen LogP contribution >= 0.6 is 0 Å². The standard InChI is InChI=1S/C24H34N4O3/c1-6-30-23(29)28-10-9-27(13-20(28)15(2)3)22-18(12-25)17-11-24(4,5)31-14-19(17)21(26-22)16-7-8-16/h15-16,20H,6-11,13-14H2,1-5H3/t20-/m0/s1. The van der Waals surface area contributed by atoms with Crippen LogP contribution in [0.4, 0.5) is 10.6 Å². The third-order valence-electron chi connectivity index (χ3n) is 6.70. The fraction of sp³-hybridized carbons (Fsp3) is 0.708. The summed E-state index contributed by atoms with van der Waals surface area (Å²) in [4.78, 5) is 21.6. The topological polar surface area (TPSA) is 78.7 Å². The highest BCUT2D eigenvalue weighted by Gasteiger charge is 2.39. The number of amides is 1. The van der Waals surface area contributed by atoms with Crippen molar-refractivity contribution in [3.63, 3.8) is 0 Å². The monoisotopic (exact) mass is 426 g/mol. The third-order valence-corrected chi connectivity index (χ3v) is 6.70. The number of carbonyl (C=O) groups is 1. The Morgan fingerprint density at radius 1 is 1.32 bits per heavy atom. The summed E-state index contributed by atoms with van der Waals surface area (Å²) >= 11 is 0. The molecule has 2 aliphatic heterocycles. The van der Waals surface area contributed by atoms with Crippen LogP contribution in [-0.2, 0) is 22.5 Å². The molecule has 31 heavy (non-hydrogen) atoms. The summed E-state index contributed by atoms with van der Waals surface area (Å²) in [5.41, 5.74) is 3.75. The van der Waals surface area contributed by atoms with E-state index in [1.54, 1.807) is 0 Å². The Morgan fingerprint density at radius 2 is 2.06 bits per heavy atom. The van der Waals surface area contributed by atoms with Gasteiger partial charge in [0.1, 0.15) is 11.9 Å². The molecule has 0 radical (unpaired) electrons. The SMILES string of the molecule is CCOC(=O)N1CCN(c2nc(C3CC3)c3c(c2C#N)CC(C)(C)OC3)C[C@H]1C(C)C. The molecular weight excluding hydrogens is 392 g/mol. The second-order valence-corrected chi connectivity index (χ2v) is 9.91. The van der Waals surface area contributed by atoms with Crippen molar-refractivity contribution >= 4 is 11.9 Å². The number of hydrogen-bond donors (Lipinski definition) is 0. The van der Waals surface area contributed by atoms with E-state index in [4.69, 9.17) is 14.5 Å². The third kappa shape index (κ3) is 4.23. The molecule has 0 unspecified atom stereocenters. The quantitative estimate of drug-likeness (QED) is 0.724. The van der Waals surface area contributed by atoms with Gasteiger partial charge in [0.15, 0.2) is 0 Å². The van der Waals surface area contributed by atoms with Crippen LogP contribution in [0.25, 0.3) is 0 Å². The number of fused-ring (bicyclic) bond motifs is 1. The molecule has 1 saturated carbocycles. The van der Waals surface area contributed by atoms with Crippen LogP contribution in [0.5, 0.6) is 0 Å². The van der Waals surface area contributed by atoms with Crippen molar-refractivity contribution in [1.82, 2.24) is 9.88 Å². The van der Waals surface area contributed by atoms with Crippen molar-refractivity contribution in [2.24, 2.45) is 5.92 Å². The predicted octanol–water partition coefficient (Wildman–Crippen LogP) is 3.99. The zero-order valence-corrected chi connectivity index (χ0v) is 19.4. The summed E-state index contributed by atoms with van der Waals surface area (Å²) in [6.45, 7) is 13.0. The van der Waals surface area contributed by atoms with Crippen LogP contribution in [0.2, 0.25) is 0 Å². The smallest absolute Gasteiger partial charge is 0.410 e. The first-order chi connectivity index (χ1) is 14.8. The number of aromatic nitrogens is 1. The number of anilines is 1. The van der Waals surface area contributed by atoms with Gasteiger partial charge >= 0.3 is 6.09 Å². The lowest BCUT2D eigenvalue weighted by Crippen LogP contribution is -2.57. The van der Waals surface area contributed by atoms with Gasteiger partial charge in [-0.05, 0) is 45.1 Å². The molecule has 3 heterocycles. The van der Waals surface area contributed by atoms with E-state index in [9.17, 15) is 10.1 Å². The molecule has 1 saturated heterocycles. The van der Waals surface area contributed by atoms with Gasteiger partial charge in [-0.3, -0.25) is 0 Å². The Balaban J connectivity index is 1.72. The molecule has 0 N–H and O–H groups in total. The maximum Gasteiger partial charge on any atom is 0.410 e. The normalized spacial score (nSPS) is 22.8. The highest BCUT2D eigenvalue weighted by molar-refractivity contribution is 5.69. The van der Waals surface area contributed by atoms with Crippen molar-refractivity contribution < 1.29 is 14.3 Å². The molecule has 1 aliphatic carbocycles. The molecule has 0 aromatic carbocycles. The first kappa shape index (κ1) is 21.9. The van der Waals surface area contributed by atoms with Crippen LogP contribution in [0, 0.1) is 17.2 Å². The zero-order chi connectivity index (χ0) is 22.3. The summed E-state index contributed by atoms with van der Waals surface area (Å²) in [5.74, 6) is 1.53. The molecule has 0 spiro atoms. The van der Waals surface area contributed by atoms with Gasteiger partial charge in [0.25, 0.3) is 0 Å². The Morgan fingerprint density at radius 3 is 2.68 bits per heavy atom. The van der Waals surface area contributed by atoms with E-state index in [2.05, 4.69) is 38.7 Å². The van der Waals surface area contributed by atoms with E-state index in [1.807, 2.05) is 11.8 Å². The molecular formula is C24H34N4O3. The number of nitriles is 1. The van der Waals surface area contributed by atoms with Gasteiger partial charge in [0.2, 0.25) is 0 Å². The first-order valence-electron chi connectivity index (χ1n) is 11.5. The summed E-state index contributed by atoms with van der Waals surface area (Å²) < 4.78 is 11.4. The minimum atomic E-state index is -0.291. The molecule has 7 nitrogen and oxygen atoms in total. The molecule has 168 valence electrons. The van der Waals surface area contributed by atoms with Crippen LogP contribution in [0.3, 0.4) is 0 Å². The van der Waals surface area contributed by atoms with Gasteiger partial charge in [-0.15, -0.1) is 0 Å². The second-order valence-electron chi connectivity index (χ2n) is 9.91. The van der Waals surface area contributed by atoms with Gasteiger partial charge in [0, 0.05) is 37.5 Å². The minimum Gasteiger partial charge on any atom is -0.450 e. The van der Waals surface area contributed by atoms with E-state index in [-0.39, 0.29) is 23.7 Å². The Labute approximate surface area is 185 Å². The molecule has 1 aromatic rings. The summed E-state index contributed by atoms with van der Waals surface area (Å²) in [5, 5.41) is 10.2. The molecule has 3 aliphatic rings. The number of hydrogen-bond acceptors (Lipinski definition) is 6. The summed E-state index contributed by atoms with van der Waals surface area (Å²) in [6.07, 6.45) is 2.77. The lowest BCUT2D eigenvalue weighted by atomic mass is 9.87. The zero-order valence-electron chi connectivity index (χ0n) is 19.4. The maximum absolute atomic E-state index is 12.5. The number of piperazine rings is 1. The Kier molecular flexibility index (Phi) is 5.87. The van der Waals surface area contributed by atoms with Crippen molar-refractivity contribution in [3.05, 3.63) is 22.4 Å². The Hall–Kier alpha value is -2.33. The Bertz CT molecular complexity index is 901. The van der Waals surface area contributed by atoms with Crippen molar-refractivity contribution in [3.8, 4) is 6.07 Å². The number of ether oxygens (including phenoxy) is 2. The van der Waals surface area contributed by atoms with Crippen LogP contribution < -0.4 is 4.90 Å². The number of carbonyl (C=O) groups excluding carboxylic acids is 1. The predicted molar refractivity (Wildman–Crippen MR) is 118 cm³/mol. The highest BCUT2D eigenvalue weighted by atomic mass is 16.6. The lowest BCUT2D eigenvalue weighted by Gasteiger charge is -2.44. The van der Waals surface area contributed by atoms with Crippen LogP contribution in [0.1, 0.15) is 75.8 Å². The van der Waals surface area contributed by atoms with Gasteiger partial charge in [-0.2, -0.15) is 5.26 Å². The van der Waals surface area contributed by atoms with Gasteiger partial charge in [-0.25, -0.2) is 9.78 Å². The van der Waals surface area contributed by atoms with E-state index >= 15 is 0 Å². The highest BCUT2D eigenvalue weighted by Crippen LogP contribution is 2.46. The largest absolute Gasteiger partial charge is 0.450 e. The average molecular weight is 427 g/mol. The maximum atomic E-state index is 12.5. The van der Waals surface area contributed by atoms with E-state index in [0.717, 1.165) is 41.9 Å². The van der Waals surface area contributed by atoms with E-state index in [1.165, 1.54) is 0 Å². The molecule has 0 bridgehead atoms. The number of rotatable bonds is 4. The summed E-state index contributed by atoms with van der Waals surface area (Å²) in [7, 11) is 0. The minimum absolute atomic E-state index is 0.0151. The fourth-order valence-corrected chi connectivity index (χ4v) is 4.83. The number of nitrogens with zero attached hydrogens (tertiary/aromatic N) is 4. The van der Waals surface area contributed by atoms with Crippen LogP contribution in [-0.4, -0.2) is 53.9 Å². The fourth-order valence-electron chi connectivity index (χ4n) is 4.83. The second kappa shape index (κ2) is 8.31. The van der Waals surface area contributed by atoms with Crippen LogP contribution in [0.15, 0.2) is 0 Å². The molecule has 4 rings (SSSR count). The number of pyridine rings is 1. The van der Waals surface area contributed by atoms with Gasteiger partial charge in [0.05, 0.1) is 36.1 Å². The van der Waals surface area contributed by atoms with Crippen molar-refractivity contribution in [2.45, 2.75) is 78.0 Å². The summed E-state index contributed by atoms with van der Waals surface area (Å²) in [6, 6.07) is 2.49. The molecule has 7 heteroatoms. The molecule has 1 atom stereocenters. The first-order valence-corrected chi connectivity index (χ1v) is 11.5. The van der Waals surface area contributed by atoms with Crippen molar-refractivity contribution in [2.75, 3.05) is 31.1 Å².